The Morgan fingerprint density at radius 2 is 1.85 bits per heavy atom. The third-order valence-corrected chi connectivity index (χ3v) is 3.29. The van der Waals surface area contributed by atoms with Crippen LogP contribution in [0.4, 0.5) is 0 Å². The number of carbonyl (C=O) groups excluding carboxylic acids is 2. The Hall–Kier alpha value is -1.88. The Morgan fingerprint density at radius 3 is 2.45 bits per heavy atom. The number of rotatable bonds is 8. The SMILES string of the molecule is CC(C(=O)NCCCCC(N)=O)C(N)c1ccccc1. The van der Waals surface area contributed by atoms with Crippen LogP contribution in [0.15, 0.2) is 30.3 Å². The molecule has 0 saturated carbocycles. The third-order valence-electron chi connectivity index (χ3n) is 3.29. The van der Waals surface area contributed by atoms with Crippen LogP contribution < -0.4 is 16.8 Å². The summed E-state index contributed by atoms with van der Waals surface area (Å²) in [6.45, 7) is 2.36. The number of nitrogens with one attached hydrogen (secondary N) is 1. The summed E-state index contributed by atoms with van der Waals surface area (Å²) in [4.78, 5) is 22.5. The van der Waals surface area contributed by atoms with Crippen molar-refractivity contribution in [2.24, 2.45) is 17.4 Å². The highest BCUT2D eigenvalue weighted by molar-refractivity contribution is 5.79. The summed E-state index contributed by atoms with van der Waals surface area (Å²) in [6, 6.07) is 9.25. The minimum Gasteiger partial charge on any atom is -0.370 e. The molecule has 5 N–H and O–H groups in total. The molecule has 20 heavy (non-hydrogen) atoms. The smallest absolute Gasteiger partial charge is 0.224 e. The van der Waals surface area contributed by atoms with E-state index in [-0.39, 0.29) is 23.8 Å². The number of amides is 2. The maximum Gasteiger partial charge on any atom is 0.224 e. The van der Waals surface area contributed by atoms with E-state index in [0.29, 0.717) is 19.4 Å². The predicted molar refractivity (Wildman–Crippen MR) is 78.6 cm³/mol. The molecule has 1 aromatic carbocycles. The molecule has 0 heterocycles. The molecular weight excluding hydrogens is 254 g/mol. The zero-order chi connectivity index (χ0) is 15.0. The van der Waals surface area contributed by atoms with Gasteiger partial charge in [-0.3, -0.25) is 9.59 Å². The molecule has 1 aromatic rings. The second-order valence-corrected chi connectivity index (χ2v) is 4.94. The van der Waals surface area contributed by atoms with Gasteiger partial charge < -0.3 is 16.8 Å². The van der Waals surface area contributed by atoms with E-state index < -0.39 is 0 Å². The molecule has 0 radical (unpaired) electrons. The maximum absolute atomic E-state index is 12.0. The van der Waals surface area contributed by atoms with Crippen LogP contribution in [0.3, 0.4) is 0 Å². The minimum atomic E-state index is -0.318. The fraction of sp³-hybridized carbons (Fsp3) is 0.467. The van der Waals surface area contributed by atoms with Gasteiger partial charge in [0.1, 0.15) is 0 Å². The summed E-state index contributed by atoms with van der Waals surface area (Å²) in [5.41, 5.74) is 12.1. The molecule has 0 aliphatic heterocycles. The van der Waals surface area contributed by atoms with Crippen molar-refractivity contribution in [3.63, 3.8) is 0 Å². The maximum atomic E-state index is 12.0. The molecule has 0 aromatic heterocycles. The first kappa shape index (κ1) is 16.2. The molecule has 5 heteroatoms. The van der Waals surface area contributed by atoms with E-state index in [4.69, 9.17) is 11.5 Å². The molecule has 0 saturated heterocycles. The number of hydrogen-bond acceptors (Lipinski definition) is 3. The van der Waals surface area contributed by atoms with Crippen molar-refractivity contribution in [2.45, 2.75) is 32.2 Å². The Kier molecular flexibility index (Phi) is 6.73. The van der Waals surface area contributed by atoms with Crippen LogP contribution in [0, 0.1) is 5.92 Å². The van der Waals surface area contributed by atoms with Crippen molar-refractivity contribution in [2.75, 3.05) is 6.54 Å². The highest BCUT2D eigenvalue weighted by Gasteiger charge is 2.21. The molecule has 0 fully saturated rings. The molecular formula is C15H23N3O2. The van der Waals surface area contributed by atoms with Crippen molar-refractivity contribution in [3.05, 3.63) is 35.9 Å². The topological polar surface area (TPSA) is 98.2 Å². The van der Waals surface area contributed by atoms with Crippen LogP contribution in [0.25, 0.3) is 0 Å². The van der Waals surface area contributed by atoms with Gasteiger partial charge in [-0.1, -0.05) is 37.3 Å². The molecule has 0 aliphatic rings. The lowest BCUT2D eigenvalue weighted by Crippen LogP contribution is -2.36. The molecule has 2 atom stereocenters. The van der Waals surface area contributed by atoms with Crippen LogP contribution in [-0.4, -0.2) is 18.4 Å². The lowest BCUT2D eigenvalue weighted by atomic mass is 9.94. The summed E-state index contributed by atoms with van der Waals surface area (Å²) in [6.07, 6.45) is 1.78. The predicted octanol–water partition coefficient (Wildman–Crippen LogP) is 1.09. The van der Waals surface area contributed by atoms with Crippen molar-refractivity contribution in [3.8, 4) is 0 Å². The fourth-order valence-corrected chi connectivity index (χ4v) is 1.92. The Morgan fingerprint density at radius 1 is 1.20 bits per heavy atom. The lowest BCUT2D eigenvalue weighted by molar-refractivity contribution is -0.125. The zero-order valence-electron chi connectivity index (χ0n) is 11.8. The van der Waals surface area contributed by atoms with E-state index in [2.05, 4.69) is 5.32 Å². The van der Waals surface area contributed by atoms with E-state index in [1.165, 1.54) is 0 Å². The van der Waals surface area contributed by atoms with Crippen molar-refractivity contribution >= 4 is 11.8 Å². The average molecular weight is 277 g/mol. The number of benzene rings is 1. The van der Waals surface area contributed by atoms with Crippen LogP contribution >= 0.6 is 0 Å². The van der Waals surface area contributed by atoms with E-state index in [0.717, 1.165) is 12.0 Å². The number of hydrogen-bond donors (Lipinski definition) is 3. The normalized spacial score (nSPS) is 13.5. The van der Waals surface area contributed by atoms with Crippen molar-refractivity contribution in [1.82, 2.24) is 5.32 Å². The second kappa shape index (κ2) is 8.32. The van der Waals surface area contributed by atoms with Gasteiger partial charge in [0.15, 0.2) is 0 Å². The first-order valence-corrected chi connectivity index (χ1v) is 6.89. The standard InChI is InChI=1S/C15H23N3O2/c1-11(14(17)12-7-3-2-4-8-12)15(20)18-10-6-5-9-13(16)19/h2-4,7-8,11,14H,5-6,9-10,17H2,1H3,(H2,16,19)(H,18,20). The van der Waals surface area contributed by atoms with Gasteiger partial charge in [0.25, 0.3) is 0 Å². The summed E-state index contributed by atoms with van der Waals surface area (Å²) < 4.78 is 0. The zero-order valence-corrected chi connectivity index (χ0v) is 11.8. The number of nitrogens with two attached hydrogens (primary N) is 2. The summed E-state index contributed by atoms with van der Waals surface area (Å²) in [5.74, 6) is -0.676. The number of primary amides is 1. The summed E-state index contributed by atoms with van der Waals surface area (Å²) in [5, 5.41) is 2.84. The lowest BCUT2D eigenvalue weighted by Gasteiger charge is -2.19. The van der Waals surface area contributed by atoms with E-state index >= 15 is 0 Å². The number of carbonyl (C=O) groups is 2. The van der Waals surface area contributed by atoms with Crippen molar-refractivity contribution < 1.29 is 9.59 Å². The highest BCUT2D eigenvalue weighted by atomic mass is 16.2. The Bertz CT molecular complexity index is 434. The van der Waals surface area contributed by atoms with Gasteiger partial charge in [0, 0.05) is 19.0 Å². The van der Waals surface area contributed by atoms with Gasteiger partial charge in [0.05, 0.1) is 5.92 Å². The van der Waals surface area contributed by atoms with E-state index in [9.17, 15) is 9.59 Å². The molecule has 2 amide bonds. The Labute approximate surface area is 119 Å². The summed E-state index contributed by atoms with van der Waals surface area (Å²) >= 11 is 0. The largest absolute Gasteiger partial charge is 0.370 e. The third kappa shape index (κ3) is 5.40. The molecule has 2 unspecified atom stereocenters. The Balaban J connectivity index is 2.34. The van der Waals surface area contributed by atoms with Gasteiger partial charge in [-0.2, -0.15) is 0 Å². The van der Waals surface area contributed by atoms with Gasteiger partial charge >= 0.3 is 0 Å². The van der Waals surface area contributed by atoms with Gasteiger partial charge in [-0.25, -0.2) is 0 Å². The molecule has 1 rings (SSSR count). The average Bonchev–Trinajstić information content (AvgIpc) is 2.45. The van der Waals surface area contributed by atoms with Gasteiger partial charge in [-0.15, -0.1) is 0 Å². The van der Waals surface area contributed by atoms with E-state index in [1.807, 2.05) is 37.3 Å². The van der Waals surface area contributed by atoms with E-state index in [1.54, 1.807) is 0 Å². The molecule has 0 bridgehead atoms. The first-order chi connectivity index (χ1) is 9.52. The van der Waals surface area contributed by atoms with Crippen molar-refractivity contribution in [1.29, 1.82) is 0 Å². The van der Waals surface area contributed by atoms with Crippen LogP contribution in [0.2, 0.25) is 0 Å². The highest BCUT2D eigenvalue weighted by Crippen LogP contribution is 2.18. The van der Waals surface area contributed by atoms with Crippen LogP contribution in [0.5, 0.6) is 0 Å². The first-order valence-electron chi connectivity index (χ1n) is 6.89. The quantitative estimate of drug-likeness (QED) is 0.620. The molecule has 0 spiro atoms. The minimum absolute atomic E-state index is 0.0690. The monoisotopic (exact) mass is 277 g/mol. The molecule has 5 nitrogen and oxygen atoms in total. The van der Waals surface area contributed by atoms with Gasteiger partial charge in [-0.05, 0) is 18.4 Å². The van der Waals surface area contributed by atoms with Gasteiger partial charge in [0.2, 0.25) is 11.8 Å². The molecule has 110 valence electrons. The second-order valence-electron chi connectivity index (χ2n) is 4.94. The fourth-order valence-electron chi connectivity index (χ4n) is 1.92. The van der Waals surface area contributed by atoms with Crippen LogP contribution in [-0.2, 0) is 9.59 Å². The molecule has 0 aliphatic carbocycles. The number of unbranched alkanes of at least 4 members (excludes halogenated alkanes) is 1. The van der Waals surface area contributed by atoms with Crippen LogP contribution in [0.1, 0.15) is 37.8 Å². The summed E-state index contributed by atoms with van der Waals surface area (Å²) in [7, 11) is 0.